The highest BCUT2D eigenvalue weighted by Crippen LogP contribution is 2.29. The molecule has 0 radical (unpaired) electrons. The summed E-state index contributed by atoms with van der Waals surface area (Å²) < 4.78 is 0. The molecule has 7 nitrogen and oxygen atoms in total. The van der Waals surface area contributed by atoms with E-state index in [9.17, 15) is 9.90 Å². The first-order chi connectivity index (χ1) is 13.8. The molecule has 1 aliphatic carbocycles. The van der Waals surface area contributed by atoms with Crippen molar-refractivity contribution >= 4 is 34.8 Å². The van der Waals surface area contributed by atoms with Crippen LogP contribution in [0.3, 0.4) is 0 Å². The Labute approximate surface area is 176 Å². The Morgan fingerprint density at radius 2 is 1.86 bits per heavy atom. The second kappa shape index (κ2) is 8.97. The summed E-state index contributed by atoms with van der Waals surface area (Å²) in [6, 6.07) is 5.26. The van der Waals surface area contributed by atoms with Crippen LogP contribution in [0, 0.1) is 0 Å². The van der Waals surface area contributed by atoms with Crippen molar-refractivity contribution in [2.75, 3.05) is 37.5 Å². The monoisotopic (exact) mass is 417 g/mol. The number of amides is 1. The van der Waals surface area contributed by atoms with E-state index in [2.05, 4.69) is 15.3 Å². The second-order valence-electron chi connectivity index (χ2n) is 7.82. The number of benzene rings is 1. The standard InChI is InChI=1S/C21H28ClN5O2/c1-26(2)18-12-23-13-19(25-18)27(3)15-7-8-17(22)16(11-15)20(28)24-14-21(29)9-5-4-6-10-21/h7-8,11-13,29H,4-6,9-10,14H2,1-3H3,(H,24,28). The number of nitrogens with one attached hydrogen (secondary N) is 1. The van der Waals surface area contributed by atoms with E-state index in [1.54, 1.807) is 24.5 Å². The predicted molar refractivity (Wildman–Crippen MR) is 116 cm³/mol. The van der Waals surface area contributed by atoms with Gasteiger partial charge in [-0.3, -0.25) is 9.78 Å². The van der Waals surface area contributed by atoms with Gasteiger partial charge < -0.3 is 20.2 Å². The first-order valence-corrected chi connectivity index (χ1v) is 10.2. The molecule has 1 heterocycles. The van der Waals surface area contributed by atoms with Gasteiger partial charge in [0.1, 0.15) is 5.82 Å². The quantitative estimate of drug-likeness (QED) is 0.749. The van der Waals surface area contributed by atoms with Crippen LogP contribution in [-0.2, 0) is 0 Å². The van der Waals surface area contributed by atoms with Crippen LogP contribution in [0.1, 0.15) is 42.5 Å². The molecule has 0 spiro atoms. The minimum absolute atomic E-state index is 0.235. The fraction of sp³-hybridized carbons (Fsp3) is 0.476. The number of aliphatic hydroxyl groups is 1. The van der Waals surface area contributed by atoms with Gasteiger partial charge in [-0.05, 0) is 31.0 Å². The fourth-order valence-electron chi connectivity index (χ4n) is 3.48. The second-order valence-corrected chi connectivity index (χ2v) is 8.23. The molecule has 1 fully saturated rings. The Bertz CT molecular complexity index is 868. The van der Waals surface area contributed by atoms with Gasteiger partial charge in [-0.25, -0.2) is 4.98 Å². The van der Waals surface area contributed by atoms with Gasteiger partial charge in [0.15, 0.2) is 5.82 Å². The van der Waals surface area contributed by atoms with E-state index in [1.807, 2.05) is 37.0 Å². The predicted octanol–water partition coefficient (Wildman–Crippen LogP) is 3.39. The van der Waals surface area contributed by atoms with Crippen molar-refractivity contribution in [2.24, 2.45) is 0 Å². The van der Waals surface area contributed by atoms with Crippen molar-refractivity contribution in [2.45, 2.75) is 37.7 Å². The van der Waals surface area contributed by atoms with Crippen LogP contribution >= 0.6 is 11.6 Å². The minimum atomic E-state index is -0.822. The molecule has 3 rings (SSSR count). The van der Waals surface area contributed by atoms with E-state index in [0.717, 1.165) is 30.8 Å². The van der Waals surface area contributed by atoms with Gasteiger partial charge >= 0.3 is 0 Å². The number of anilines is 3. The van der Waals surface area contributed by atoms with Crippen molar-refractivity contribution in [1.82, 2.24) is 15.3 Å². The van der Waals surface area contributed by atoms with Gasteiger partial charge in [-0.15, -0.1) is 0 Å². The number of halogens is 1. The molecular weight excluding hydrogens is 390 g/mol. The van der Waals surface area contributed by atoms with Gasteiger partial charge in [0.25, 0.3) is 5.91 Å². The van der Waals surface area contributed by atoms with Crippen LogP contribution in [0.4, 0.5) is 17.3 Å². The molecule has 2 aromatic rings. The zero-order valence-corrected chi connectivity index (χ0v) is 17.9. The number of carbonyl (C=O) groups excluding carboxylic acids is 1. The van der Waals surface area contributed by atoms with Gasteiger partial charge in [0, 0.05) is 33.4 Å². The Morgan fingerprint density at radius 1 is 1.17 bits per heavy atom. The number of hydrogen-bond donors (Lipinski definition) is 2. The van der Waals surface area contributed by atoms with E-state index in [0.29, 0.717) is 29.2 Å². The van der Waals surface area contributed by atoms with Gasteiger partial charge in [0.2, 0.25) is 0 Å². The van der Waals surface area contributed by atoms with Crippen molar-refractivity contribution in [3.05, 3.63) is 41.2 Å². The zero-order valence-electron chi connectivity index (χ0n) is 17.2. The van der Waals surface area contributed by atoms with Crippen LogP contribution < -0.4 is 15.1 Å². The molecule has 0 atom stereocenters. The van der Waals surface area contributed by atoms with Crippen molar-refractivity contribution in [3.8, 4) is 0 Å². The van der Waals surface area contributed by atoms with Crippen LogP contribution in [0.5, 0.6) is 0 Å². The topological polar surface area (TPSA) is 81.6 Å². The summed E-state index contributed by atoms with van der Waals surface area (Å²) in [5.41, 5.74) is 0.310. The highest BCUT2D eigenvalue weighted by molar-refractivity contribution is 6.34. The summed E-state index contributed by atoms with van der Waals surface area (Å²) >= 11 is 6.29. The molecule has 1 aromatic carbocycles. The van der Waals surface area contributed by atoms with Crippen LogP contribution in [0.2, 0.25) is 5.02 Å². The smallest absolute Gasteiger partial charge is 0.252 e. The number of carbonyl (C=O) groups is 1. The molecule has 2 N–H and O–H groups in total. The van der Waals surface area contributed by atoms with E-state index in [1.165, 1.54) is 0 Å². The average Bonchev–Trinajstić information content (AvgIpc) is 2.72. The third-order valence-corrected chi connectivity index (χ3v) is 5.68. The number of rotatable bonds is 6. The summed E-state index contributed by atoms with van der Waals surface area (Å²) in [7, 11) is 5.66. The SMILES string of the molecule is CN(C)c1cncc(N(C)c2ccc(Cl)c(C(=O)NCC3(O)CCCCC3)c2)n1. The molecule has 29 heavy (non-hydrogen) atoms. The first kappa shape index (κ1) is 21.3. The third-order valence-electron chi connectivity index (χ3n) is 5.36. The fourth-order valence-corrected chi connectivity index (χ4v) is 3.68. The molecule has 0 bridgehead atoms. The molecule has 1 aliphatic rings. The average molecular weight is 418 g/mol. The Morgan fingerprint density at radius 3 is 2.55 bits per heavy atom. The summed E-state index contributed by atoms with van der Waals surface area (Å²) in [6.45, 7) is 0.235. The van der Waals surface area contributed by atoms with Crippen LogP contribution in [0.25, 0.3) is 0 Å². The molecule has 1 saturated carbocycles. The van der Waals surface area contributed by atoms with E-state index in [-0.39, 0.29) is 12.5 Å². The number of aromatic nitrogens is 2. The Balaban J connectivity index is 1.76. The van der Waals surface area contributed by atoms with Crippen LogP contribution in [0.15, 0.2) is 30.6 Å². The summed E-state index contributed by atoms with van der Waals surface area (Å²) in [5, 5.41) is 13.8. The maximum absolute atomic E-state index is 12.7. The number of nitrogens with zero attached hydrogens (tertiary/aromatic N) is 4. The molecule has 1 amide bonds. The molecular formula is C21H28ClN5O2. The van der Waals surface area contributed by atoms with Crippen molar-refractivity contribution in [1.29, 1.82) is 0 Å². The van der Waals surface area contributed by atoms with Crippen LogP contribution in [-0.4, -0.2) is 54.3 Å². The summed E-state index contributed by atoms with van der Waals surface area (Å²) in [6.07, 6.45) is 7.89. The third kappa shape index (κ3) is 5.16. The minimum Gasteiger partial charge on any atom is -0.388 e. The normalized spacial score (nSPS) is 15.6. The molecule has 8 heteroatoms. The molecule has 0 unspecified atom stereocenters. The summed E-state index contributed by atoms with van der Waals surface area (Å²) in [4.78, 5) is 25.3. The lowest BCUT2D eigenvalue weighted by Crippen LogP contribution is -2.44. The first-order valence-electron chi connectivity index (χ1n) is 9.82. The van der Waals surface area contributed by atoms with E-state index < -0.39 is 5.60 Å². The van der Waals surface area contributed by atoms with E-state index >= 15 is 0 Å². The maximum atomic E-state index is 12.7. The molecule has 1 aromatic heterocycles. The largest absolute Gasteiger partial charge is 0.388 e. The highest BCUT2D eigenvalue weighted by atomic mass is 35.5. The molecule has 0 aliphatic heterocycles. The lowest BCUT2D eigenvalue weighted by atomic mass is 9.85. The van der Waals surface area contributed by atoms with E-state index in [4.69, 9.17) is 11.6 Å². The van der Waals surface area contributed by atoms with Crippen molar-refractivity contribution < 1.29 is 9.90 Å². The lowest BCUT2D eigenvalue weighted by Gasteiger charge is -2.32. The Kier molecular flexibility index (Phi) is 6.59. The summed E-state index contributed by atoms with van der Waals surface area (Å²) in [5.74, 6) is 1.10. The van der Waals surface area contributed by atoms with Gasteiger partial charge in [-0.1, -0.05) is 30.9 Å². The maximum Gasteiger partial charge on any atom is 0.252 e. The van der Waals surface area contributed by atoms with Gasteiger partial charge in [-0.2, -0.15) is 0 Å². The highest BCUT2D eigenvalue weighted by Gasteiger charge is 2.29. The van der Waals surface area contributed by atoms with Gasteiger partial charge in [0.05, 0.1) is 28.6 Å². The Hall–Kier alpha value is -2.38. The van der Waals surface area contributed by atoms with Crippen molar-refractivity contribution in [3.63, 3.8) is 0 Å². The molecule has 0 saturated heterocycles. The lowest BCUT2D eigenvalue weighted by molar-refractivity contribution is 0.00526. The number of hydrogen-bond acceptors (Lipinski definition) is 6. The molecule has 156 valence electrons. The zero-order chi connectivity index (χ0) is 21.0.